The summed E-state index contributed by atoms with van der Waals surface area (Å²) < 4.78 is 4.80. The van der Waals surface area contributed by atoms with Crippen molar-refractivity contribution < 1.29 is 19.4 Å². The third-order valence-corrected chi connectivity index (χ3v) is 1.50. The largest absolute Gasteiger partial charge is 0.481 e. The Morgan fingerprint density at radius 1 is 1.31 bits per heavy atom. The van der Waals surface area contributed by atoms with Gasteiger partial charge >= 0.3 is 11.9 Å². The molecule has 0 aromatic carbocycles. The number of aliphatic carboxylic acids is 1. The third-order valence-electron chi connectivity index (χ3n) is 1.50. The molecular weight excluding hydrogens is 172 g/mol. The van der Waals surface area contributed by atoms with Gasteiger partial charge < -0.3 is 9.84 Å². The number of carbonyl (C=O) groups is 2. The van der Waals surface area contributed by atoms with Crippen LogP contribution >= 0.6 is 0 Å². The minimum atomic E-state index is -0.971. The average molecular weight is 188 g/mol. The van der Waals surface area contributed by atoms with Crippen LogP contribution in [0.1, 0.15) is 33.1 Å². The summed E-state index contributed by atoms with van der Waals surface area (Å²) >= 11 is 0. The number of rotatable bonds is 6. The van der Waals surface area contributed by atoms with Crippen LogP contribution in [-0.4, -0.2) is 23.7 Å². The van der Waals surface area contributed by atoms with Crippen LogP contribution in [-0.2, 0) is 14.3 Å². The molecule has 0 amide bonds. The lowest BCUT2D eigenvalue weighted by Crippen LogP contribution is -2.09. The predicted octanol–water partition coefficient (Wildman–Crippen LogP) is 1.44. The van der Waals surface area contributed by atoms with Gasteiger partial charge in [0.1, 0.15) is 0 Å². The van der Waals surface area contributed by atoms with Crippen molar-refractivity contribution in [2.75, 3.05) is 6.61 Å². The number of hydrogen-bond donors (Lipinski definition) is 1. The molecule has 0 aliphatic heterocycles. The highest BCUT2D eigenvalue weighted by atomic mass is 16.5. The van der Waals surface area contributed by atoms with E-state index in [4.69, 9.17) is 9.84 Å². The molecule has 13 heavy (non-hydrogen) atoms. The van der Waals surface area contributed by atoms with Gasteiger partial charge in [-0.05, 0) is 12.3 Å². The van der Waals surface area contributed by atoms with E-state index in [9.17, 15) is 9.59 Å². The second-order valence-corrected chi connectivity index (χ2v) is 3.30. The SMILES string of the molecule is CC(C)CCOC(=O)CCC(=O)O. The lowest BCUT2D eigenvalue weighted by Gasteiger charge is -2.05. The first-order chi connectivity index (χ1) is 6.02. The smallest absolute Gasteiger partial charge is 0.306 e. The molecule has 4 heteroatoms. The van der Waals surface area contributed by atoms with E-state index in [1.165, 1.54) is 0 Å². The molecule has 0 aliphatic carbocycles. The fourth-order valence-electron chi connectivity index (χ4n) is 0.690. The monoisotopic (exact) mass is 188 g/mol. The van der Waals surface area contributed by atoms with Gasteiger partial charge in [0.15, 0.2) is 0 Å². The van der Waals surface area contributed by atoms with E-state index in [0.29, 0.717) is 12.5 Å². The van der Waals surface area contributed by atoms with E-state index in [1.807, 2.05) is 13.8 Å². The first-order valence-electron chi connectivity index (χ1n) is 4.39. The summed E-state index contributed by atoms with van der Waals surface area (Å²) in [5.41, 5.74) is 0. The molecule has 4 nitrogen and oxygen atoms in total. The van der Waals surface area contributed by atoms with Crippen molar-refractivity contribution in [2.24, 2.45) is 5.92 Å². The Balaban J connectivity index is 3.36. The number of carbonyl (C=O) groups excluding carboxylic acids is 1. The van der Waals surface area contributed by atoms with Crippen molar-refractivity contribution in [2.45, 2.75) is 33.1 Å². The Labute approximate surface area is 77.9 Å². The van der Waals surface area contributed by atoms with Crippen molar-refractivity contribution in [1.29, 1.82) is 0 Å². The summed E-state index contributed by atoms with van der Waals surface area (Å²) in [5, 5.41) is 8.27. The Morgan fingerprint density at radius 3 is 2.38 bits per heavy atom. The van der Waals surface area contributed by atoms with Crippen LogP contribution < -0.4 is 0 Å². The fraction of sp³-hybridized carbons (Fsp3) is 0.778. The summed E-state index contributed by atoms with van der Waals surface area (Å²) in [6.45, 7) is 4.45. The Kier molecular flexibility index (Phi) is 5.93. The summed E-state index contributed by atoms with van der Waals surface area (Å²) in [7, 11) is 0. The summed E-state index contributed by atoms with van der Waals surface area (Å²) in [6, 6.07) is 0. The zero-order valence-electron chi connectivity index (χ0n) is 8.08. The maximum atomic E-state index is 10.8. The number of carboxylic acid groups (broad SMARTS) is 1. The van der Waals surface area contributed by atoms with E-state index in [-0.39, 0.29) is 12.8 Å². The van der Waals surface area contributed by atoms with Gasteiger partial charge in [-0.2, -0.15) is 0 Å². The van der Waals surface area contributed by atoms with E-state index in [0.717, 1.165) is 6.42 Å². The molecule has 0 aromatic heterocycles. The van der Waals surface area contributed by atoms with Crippen molar-refractivity contribution >= 4 is 11.9 Å². The molecule has 0 heterocycles. The maximum Gasteiger partial charge on any atom is 0.306 e. The first-order valence-corrected chi connectivity index (χ1v) is 4.39. The van der Waals surface area contributed by atoms with Crippen LogP contribution in [0.4, 0.5) is 0 Å². The molecule has 0 fully saturated rings. The third kappa shape index (κ3) is 8.85. The quantitative estimate of drug-likeness (QED) is 0.640. The van der Waals surface area contributed by atoms with Crippen LogP contribution in [0.3, 0.4) is 0 Å². The van der Waals surface area contributed by atoms with Crippen LogP contribution in [0.15, 0.2) is 0 Å². The van der Waals surface area contributed by atoms with Gasteiger partial charge in [-0.1, -0.05) is 13.8 Å². The molecule has 0 saturated carbocycles. The number of ether oxygens (including phenoxy) is 1. The van der Waals surface area contributed by atoms with Gasteiger partial charge in [-0.25, -0.2) is 0 Å². The van der Waals surface area contributed by atoms with E-state index in [1.54, 1.807) is 0 Å². The molecule has 0 rings (SSSR count). The summed E-state index contributed by atoms with van der Waals surface area (Å²) in [4.78, 5) is 20.9. The summed E-state index contributed by atoms with van der Waals surface area (Å²) in [5.74, 6) is -0.906. The van der Waals surface area contributed by atoms with Crippen molar-refractivity contribution in [3.63, 3.8) is 0 Å². The summed E-state index contributed by atoms with van der Waals surface area (Å²) in [6.07, 6.45) is 0.632. The highest BCUT2D eigenvalue weighted by Gasteiger charge is 2.06. The fourth-order valence-corrected chi connectivity index (χ4v) is 0.690. The Bertz CT molecular complexity index is 174. The van der Waals surface area contributed by atoms with Gasteiger partial charge in [0, 0.05) is 0 Å². The maximum absolute atomic E-state index is 10.8. The highest BCUT2D eigenvalue weighted by Crippen LogP contribution is 2.00. The zero-order valence-corrected chi connectivity index (χ0v) is 8.08. The minimum absolute atomic E-state index is 0.0343. The minimum Gasteiger partial charge on any atom is -0.481 e. The first kappa shape index (κ1) is 11.9. The molecule has 76 valence electrons. The second-order valence-electron chi connectivity index (χ2n) is 3.30. The molecule has 0 atom stereocenters. The second kappa shape index (κ2) is 6.46. The molecule has 1 N–H and O–H groups in total. The van der Waals surface area contributed by atoms with Gasteiger partial charge in [0.2, 0.25) is 0 Å². The standard InChI is InChI=1S/C9H16O4/c1-7(2)5-6-13-9(12)4-3-8(10)11/h7H,3-6H2,1-2H3,(H,10,11). The van der Waals surface area contributed by atoms with Crippen molar-refractivity contribution in [3.8, 4) is 0 Å². The van der Waals surface area contributed by atoms with Gasteiger partial charge in [0.05, 0.1) is 19.4 Å². The average Bonchev–Trinajstić information content (AvgIpc) is 2.00. The lowest BCUT2D eigenvalue weighted by atomic mass is 10.1. The highest BCUT2D eigenvalue weighted by molar-refractivity contribution is 5.76. The molecular formula is C9H16O4. The molecule has 0 spiro atoms. The van der Waals surface area contributed by atoms with E-state index in [2.05, 4.69) is 0 Å². The van der Waals surface area contributed by atoms with E-state index >= 15 is 0 Å². The van der Waals surface area contributed by atoms with Crippen LogP contribution in [0.25, 0.3) is 0 Å². The molecule has 0 radical (unpaired) electrons. The van der Waals surface area contributed by atoms with Crippen molar-refractivity contribution in [3.05, 3.63) is 0 Å². The molecule has 0 bridgehead atoms. The molecule has 0 unspecified atom stereocenters. The predicted molar refractivity (Wildman–Crippen MR) is 47.3 cm³/mol. The Morgan fingerprint density at radius 2 is 1.92 bits per heavy atom. The van der Waals surface area contributed by atoms with Gasteiger partial charge in [-0.3, -0.25) is 9.59 Å². The zero-order chi connectivity index (χ0) is 10.3. The van der Waals surface area contributed by atoms with Gasteiger partial charge in [0.25, 0.3) is 0 Å². The Hall–Kier alpha value is -1.06. The number of carboxylic acids is 1. The topological polar surface area (TPSA) is 63.6 Å². The van der Waals surface area contributed by atoms with Crippen LogP contribution in [0.5, 0.6) is 0 Å². The number of esters is 1. The number of hydrogen-bond acceptors (Lipinski definition) is 3. The van der Waals surface area contributed by atoms with Gasteiger partial charge in [-0.15, -0.1) is 0 Å². The molecule has 0 saturated heterocycles. The van der Waals surface area contributed by atoms with Crippen LogP contribution in [0.2, 0.25) is 0 Å². The van der Waals surface area contributed by atoms with E-state index < -0.39 is 11.9 Å². The normalized spacial score (nSPS) is 10.1. The molecule has 0 aliphatic rings. The van der Waals surface area contributed by atoms with Crippen molar-refractivity contribution in [1.82, 2.24) is 0 Å². The lowest BCUT2D eigenvalue weighted by molar-refractivity contribution is -0.147. The molecule has 0 aromatic rings. The van der Waals surface area contributed by atoms with Crippen LogP contribution in [0, 0.1) is 5.92 Å².